The maximum Gasteiger partial charge on any atom is 0.180 e. The minimum Gasteiger partial charge on any atom is -0.490 e. The highest BCUT2D eigenvalue weighted by atomic mass is 35.5. The van der Waals surface area contributed by atoms with E-state index in [4.69, 9.17) is 32.7 Å². The molecule has 0 radical (unpaired) electrons. The Labute approximate surface area is 166 Å². The quantitative estimate of drug-likeness (QED) is 0.544. The summed E-state index contributed by atoms with van der Waals surface area (Å²) in [5.74, 6) is 1.22. The summed E-state index contributed by atoms with van der Waals surface area (Å²) < 4.78 is 11.7. The molecule has 3 nitrogen and oxygen atoms in total. The molecule has 0 spiro atoms. The Balaban J connectivity index is 2.17. The van der Waals surface area contributed by atoms with Crippen LogP contribution in [-0.4, -0.2) is 12.1 Å². The van der Waals surface area contributed by atoms with Crippen molar-refractivity contribution in [3.8, 4) is 11.5 Å². The number of halogens is 2. The third kappa shape index (κ3) is 6.08. The summed E-state index contributed by atoms with van der Waals surface area (Å²) in [6.07, 6.45) is 1.04. The maximum atomic E-state index is 6.49. The third-order valence-electron chi connectivity index (χ3n) is 4.30. The first-order chi connectivity index (χ1) is 12.3. The van der Waals surface area contributed by atoms with E-state index in [1.807, 2.05) is 43.3 Å². The SMILES string of the molecule is CCOc1cc(CNC(C)(C)CC)cc(Cl)c1OCc1cccc(Cl)c1. The molecule has 0 saturated carbocycles. The van der Waals surface area contributed by atoms with E-state index in [0.717, 1.165) is 24.1 Å². The molecule has 0 saturated heterocycles. The van der Waals surface area contributed by atoms with E-state index < -0.39 is 0 Å². The van der Waals surface area contributed by atoms with Gasteiger partial charge in [-0.05, 0) is 62.6 Å². The van der Waals surface area contributed by atoms with Gasteiger partial charge in [0.05, 0.1) is 11.6 Å². The zero-order valence-electron chi connectivity index (χ0n) is 15.9. The van der Waals surface area contributed by atoms with Gasteiger partial charge >= 0.3 is 0 Å². The van der Waals surface area contributed by atoms with E-state index in [0.29, 0.717) is 34.8 Å². The van der Waals surface area contributed by atoms with Crippen LogP contribution in [0.25, 0.3) is 0 Å². The first-order valence-electron chi connectivity index (χ1n) is 8.92. The molecule has 5 heteroatoms. The molecular weight excluding hydrogens is 369 g/mol. The molecule has 0 heterocycles. The van der Waals surface area contributed by atoms with Crippen LogP contribution in [-0.2, 0) is 13.2 Å². The molecule has 0 unspecified atom stereocenters. The number of nitrogens with one attached hydrogen (secondary N) is 1. The number of ether oxygens (including phenoxy) is 2. The van der Waals surface area contributed by atoms with E-state index in [-0.39, 0.29) is 5.54 Å². The predicted octanol–water partition coefficient (Wildman–Crippen LogP) is 6.25. The molecule has 0 aliphatic heterocycles. The summed E-state index contributed by atoms with van der Waals surface area (Å²) in [7, 11) is 0. The predicted molar refractivity (Wildman–Crippen MR) is 110 cm³/mol. The highest BCUT2D eigenvalue weighted by molar-refractivity contribution is 6.32. The second kappa shape index (κ2) is 9.50. The smallest absolute Gasteiger partial charge is 0.180 e. The van der Waals surface area contributed by atoms with Gasteiger partial charge in [0.25, 0.3) is 0 Å². The highest BCUT2D eigenvalue weighted by Gasteiger charge is 2.16. The second-order valence-corrected chi connectivity index (χ2v) is 7.69. The molecule has 2 rings (SSSR count). The Morgan fingerprint density at radius 2 is 1.77 bits per heavy atom. The molecule has 142 valence electrons. The normalized spacial score (nSPS) is 11.5. The van der Waals surface area contributed by atoms with Gasteiger partial charge in [0.15, 0.2) is 11.5 Å². The summed E-state index contributed by atoms with van der Waals surface area (Å²) >= 11 is 12.5. The van der Waals surface area contributed by atoms with E-state index in [1.165, 1.54) is 0 Å². The lowest BCUT2D eigenvalue weighted by atomic mass is 10.0. The summed E-state index contributed by atoms with van der Waals surface area (Å²) in [6, 6.07) is 11.5. The number of hydrogen-bond donors (Lipinski definition) is 1. The minimum absolute atomic E-state index is 0.0694. The van der Waals surface area contributed by atoms with Gasteiger partial charge in [0, 0.05) is 17.1 Å². The standard InChI is InChI=1S/C21H27Cl2NO2/c1-5-21(3,4)24-13-16-11-18(23)20(19(12-16)25-6-2)26-14-15-8-7-9-17(22)10-15/h7-12,24H,5-6,13-14H2,1-4H3. The summed E-state index contributed by atoms with van der Waals surface area (Å²) in [5.41, 5.74) is 2.11. The Bertz CT molecular complexity index is 732. The fourth-order valence-corrected chi connectivity index (χ4v) is 2.88. The van der Waals surface area contributed by atoms with Crippen LogP contribution in [0, 0.1) is 0 Å². The van der Waals surface area contributed by atoms with Crippen molar-refractivity contribution in [2.24, 2.45) is 0 Å². The molecule has 0 aliphatic carbocycles. The lowest BCUT2D eigenvalue weighted by Crippen LogP contribution is -2.37. The van der Waals surface area contributed by atoms with Gasteiger partial charge in [-0.25, -0.2) is 0 Å². The van der Waals surface area contributed by atoms with Crippen LogP contribution in [0.15, 0.2) is 36.4 Å². The fourth-order valence-electron chi connectivity index (χ4n) is 2.38. The van der Waals surface area contributed by atoms with Crippen molar-refractivity contribution in [3.05, 3.63) is 57.6 Å². The second-order valence-electron chi connectivity index (χ2n) is 6.85. The summed E-state index contributed by atoms with van der Waals surface area (Å²) in [5, 5.41) is 4.76. The molecule has 0 amide bonds. The topological polar surface area (TPSA) is 30.5 Å². The lowest BCUT2D eigenvalue weighted by molar-refractivity contribution is 0.269. The number of rotatable bonds is 9. The molecule has 2 aromatic carbocycles. The van der Waals surface area contributed by atoms with Crippen molar-refractivity contribution in [2.45, 2.75) is 52.8 Å². The van der Waals surface area contributed by atoms with Crippen molar-refractivity contribution in [3.63, 3.8) is 0 Å². The van der Waals surface area contributed by atoms with Gasteiger partial charge in [-0.2, -0.15) is 0 Å². The van der Waals surface area contributed by atoms with Crippen LogP contribution < -0.4 is 14.8 Å². The maximum absolute atomic E-state index is 6.49. The first kappa shape index (κ1) is 20.9. The van der Waals surface area contributed by atoms with Crippen LogP contribution in [0.5, 0.6) is 11.5 Å². The lowest BCUT2D eigenvalue weighted by Gasteiger charge is -2.25. The van der Waals surface area contributed by atoms with Crippen molar-refractivity contribution >= 4 is 23.2 Å². The Morgan fingerprint density at radius 1 is 1.00 bits per heavy atom. The number of benzene rings is 2. The van der Waals surface area contributed by atoms with Crippen LogP contribution in [0.4, 0.5) is 0 Å². The summed E-state index contributed by atoms with van der Waals surface area (Å²) in [6.45, 7) is 10.1. The van der Waals surface area contributed by atoms with Gasteiger partial charge in [0.2, 0.25) is 0 Å². The number of hydrogen-bond acceptors (Lipinski definition) is 3. The van der Waals surface area contributed by atoms with Crippen molar-refractivity contribution in [1.82, 2.24) is 5.32 Å². The molecular formula is C21H27Cl2NO2. The zero-order valence-corrected chi connectivity index (χ0v) is 17.4. The van der Waals surface area contributed by atoms with Gasteiger partial charge in [-0.1, -0.05) is 42.3 Å². The van der Waals surface area contributed by atoms with E-state index >= 15 is 0 Å². The van der Waals surface area contributed by atoms with Crippen LogP contribution in [0.1, 0.15) is 45.2 Å². The average Bonchev–Trinajstić information content (AvgIpc) is 2.60. The molecule has 0 aromatic heterocycles. The van der Waals surface area contributed by atoms with Crippen LogP contribution in [0.2, 0.25) is 10.0 Å². The first-order valence-corrected chi connectivity index (χ1v) is 9.67. The van der Waals surface area contributed by atoms with Crippen LogP contribution in [0.3, 0.4) is 0 Å². The van der Waals surface area contributed by atoms with E-state index in [9.17, 15) is 0 Å². The van der Waals surface area contributed by atoms with Crippen molar-refractivity contribution in [2.75, 3.05) is 6.61 Å². The monoisotopic (exact) mass is 395 g/mol. The highest BCUT2D eigenvalue weighted by Crippen LogP contribution is 2.37. The van der Waals surface area contributed by atoms with Gasteiger partial charge in [0.1, 0.15) is 6.61 Å². The third-order valence-corrected chi connectivity index (χ3v) is 4.81. The fraction of sp³-hybridized carbons (Fsp3) is 0.429. The van der Waals surface area contributed by atoms with E-state index in [1.54, 1.807) is 0 Å². The Kier molecular flexibility index (Phi) is 7.63. The van der Waals surface area contributed by atoms with Crippen molar-refractivity contribution in [1.29, 1.82) is 0 Å². The average molecular weight is 396 g/mol. The molecule has 0 atom stereocenters. The van der Waals surface area contributed by atoms with Gasteiger partial charge in [-0.3, -0.25) is 0 Å². The van der Waals surface area contributed by atoms with Crippen LogP contribution >= 0.6 is 23.2 Å². The van der Waals surface area contributed by atoms with Gasteiger partial charge < -0.3 is 14.8 Å². The van der Waals surface area contributed by atoms with E-state index in [2.05, 4.69) is 26.1 Å². The van der Waals surface area contributed by atoms with Gasteiger partial charge in [-0.15, -0.1) is 0 Å². The Morgan fingerprint density at radius 3 is 2.42 bits per heavy atom. The molecule has 0 bridgehead atoms. The minimum atomic E-state index is 0.0694. The molecule has 0 fully saturated rings. The molecule has 0 aliphatic rings. The van der Waals surface area contributed by atoms with Crippen molar-refractivity contribution < 1.29 is 9.47 Å². The zero-order chi connectivity index (χ0) is 19.2. The molecule has 1 N–H and O–H groups in total. The summed E-state index contributed by atoms with van der Waals surface area (Å²) in [4.78, 5) is 0. The molecule has 2 aromatic rings. The Hall–Kier alpha value is -1.42. The largest absolute Gasteiger partial charge is 0.490 e. The molecule has 26 heavy (non-hydrogen) atoms.